The number of hydrogen-bond donors (Lipinski definition) is 2. The van der Waals surface area contributed by atoms with Crippen molar-refractivity contribution in [2.24, 2.45) is 13.0 Å². The summed E-state index contributed by atoms with van der Waals surface area (Å²) in [5.41, 5.74) is 1.74. The van der Waals surface area contributed by atoms with Crippen LogP contribution in [0.4, 0.5) is 0 Å². The molecular weight excluding hydrogens is 196 g/mol. The first-order valence-corrected chi connectivity index (χ1v) is 5.06. The van der Waals surface area contributed by atoms with Gasteiger partial charge in [-0.05, 0) is 25.2 Å². The summed E-state index contributed by atoms with van der Waals surface area (Å²) >= 11 is 0. The molecule has 0 saturated heterocycles. The van der Waals surface area contributed by atoms with Crippen molar-refractivity contribution >= 4 is 5.97 Å². The first-order valence-electron chi connectivity index (χ1n) is 5.06. The van der Waals surface area contributed by atoms with Crippen LogP contribution in [0.2, 0.25) is 0 Å². The number of carboxylic acid groups (broad SMARTS) is 1. The van der Waals surface area contributed by atoms with Crippen LogP contribution in [0.15, 0.2) is 4.79 Å². The quantitative estimate of drug-likeness (QED) is 0.736. The molecule has 82 valence electrons. The number of carbonyl (C=O) groups is 1. The monoisotopic (exact) mass is 210 g/mol. The Morgan fingerprint density at radius 3 is 3.07 bits per heavy atom. The second kappa shape index (κ2) is 3.56. The molecule has 1 aliphatic carbocycles. The zero-order chi connectivity index (χ0) is 11.0. The lowest BCUT2D eigenvalue weighted by Crippen LogP contribution is -2.22. The molecule has 0 radical (unpaired) electrons. The van der Waals surface area contributed by atoms with Gasteiger partial charge in [0.1, 0.15) is 0 Å². The molecule has 0 aromatic carbocycles. The largest absolute Gasteiger partial charge is 0.481 e. The van der Waals surface area contributed by atoms with E-state index in [1.54, 1.807) is 7.05 Å². The fourth-order valence-corrected chi connectivity index (χ4v) is 2.23. The van der Waals surface area contributed by atoms with Crippen molar-refractivity contribution in [3.05, 3.63) is 21.6 Å². The van der Waals surface area contributed by atoms with E-state index in [9.17, 15) is 9.59 Å². The molecule has 1 aliphatic rings. The first kappa shape index (κ1) is 10.0. The highest BCUT2D eigenvalue weighted by atomic mass is 16.4. The summed E-state index contributed by atoms with van der Waals surface area (Å²) in [4.78, 5) is 22.2. The number of aromatic nitrogens is 2. The lowest BCUT2D eigenvalue weighted by molar-refractivity contribution is -0.138. The minimum Gasteiger partial charge on any atom is -0.481 e. The van der Waals surface area contributed by atoms with E-state index < -0.39 is 5.97 Å². The fourth-order valence-electron chi connectivity index (χ4n) is 2.23. The Morgan fingerprint density at radius 2 is 2.40 bits per heavy atom. The third-order valence-electron chi connectivity index (χ3n) is 2.99. The van der Waals surface area contributed by atoms with E-state index >= 15 is 0 Å². The summed E-state index contributed by atoms with van der Waals surface area (Å²) in [6.07, 6.45) is 2.38. The molecule has 1 atom stereocenters. The van der Waals surface area contributed by atoms with Gasteiger partial charge in [0.15, 0.2) is 0 Å². The van der Waals surface area contributed by atoms with Crippen LogP contribution in [0.5, 0.6) is 0 Å². The smallest absolute Gasteiger partial charge is 0.303 e. The molecule has 0 fully saturated rings. The summed E-state index contributed by atoms with van der Waals surface area (Å²) in [5, 5.41) is 11.7. The van der Waals surface area contributed by atoms with E-state index in [1.807, 2.05) is 0 Å². The van der Waals surface area contributed by atoms with Crippen LogP contribution in [0.3, 0.4) is 0 Å². The first-order chi connectivity index (χ1) is 7.08. The highest BCUT2D eigenvalue weighted by Crippen LogP contribution is 2.24. The van der Waals surface area contributed by atoms with Crippen LogP contribution in [0.1, 0.15) is 24.1 Å². The average Bonchev–Trinajstić information content (AvgIpc) is 2.43. The molecule has 1 aromatic rings. The topological polar surface area (TPSA) is 75.1 Å². The van der Waals surface area contributed by atoms with Gasteiger partial charge in [0.05, 0.1) is 0 Å². The Balaban J connectivity index is 2.22. The Labute approximate surface area is 86.7 Å². The number of carboxylic acids is 1. The summed E-state index contributed by atoms with van der Waals surface area (Å²) in [7, 11) is 1.69. The van der Waals surface area contributed by atoms with Crippen molar-refractivity contribution in [1.82, 2.24) is 9.78 Å². The predicted octanol–water partition coefficient (Wildman–Crippen LogP) is 0.293. The van der Waals surface area contributed by atoms with Gasteiger partial charge in [-0.15, -0.1) is 0 Å². The summed E-state index contributed by atoms with van der Waals surface area (Å²) in [6.45, 7) is 0. The summed E-state index contributed by atoms with van der Waals surface area (Å²) in [5.74, 6) is -0.672. The van der Waals surface area contributed by atoms with Crippen LogP contribution in [-0.4, -0.2) is 20.9 Å². The number of hydrogen-bond acceptors (Lipinski definition) is 2. The van der Waals surface area contributed by atoms with E-state index in [0.29, 0.717) is 6.42 Å². The van der Waals surface area contributed by atoms with Gasteiger partial charge in [-0.3, -0.25) is 19.4 Å². The second-order valence-electron chi connectivity index (χ2n) is 4.14. The van der Waals surface area contributed by atoms with Gasteiger partial charge >= 0.3 is 5.97 Å². The minimum atomic E-state index is -0.782. The predicted molar refractivity (Wildman–Crippen MR) is 53.8 cm³/mol. The van der Waals surface area contributed by atoms with Crippen LogP contribution in [-0.2, 0) is 24.7 Å². The SMILES string of the molecule is Cn1[nH]c2c(c1=O)CC(CC(=O)O)CC2. The van der Waals surface area contributed by atoms with Gasteiger partial charge in [-0.25, -0.2) is 0 Å². The van der Waals surface area contributed by atoms with E-state index in [-0.39, 0.29) is 17.9 Å². The zero-order valence-electron chi connectivity index (χ0n) is 8.62. The maximum atomic E-state index is 11.6. The second-order valence-corrected chi connectivity index (χ2v) is 4.14. The Kier molecular flexibility index (Phi) is 2.38. The van der Waals surface area contributed by atoms with Crippen molar-refractivity contribution in [2.75, 3.05) is 0 Å². The molecule has 5 heteroatoms. The molecule has 5 nitrogen and oxygen atoms in total. The van der Waals surface area contributed by atoms with Gasteiger partial charge in [0, 0.05) is 24.7 Å². The lowest BCUT2D eigenvalue weighted by atomic mass is 9.86. The highest BCUT2D eigenvalue weighted by molar-refractivity contribution is 5.67. The summed E-state index contributed by atoms with van der Waals surface area (Å²) < 4.78 is 1.47. The minimum absolute atomic E-state index is 0.0138. The number of aromatic amines is 1. The number of nitrogens with one attached hydrogen (secondary N) is 1. The van der Waals surface area contributed by atoms with E-state index in [1.165, 1.54) is 4.68 Å². The van der Waals surface area contributed by atoms with Crippen LogP contribution >= 0.6 is 0 Å². The van der Waals surface area contributed by atoms with Gasteiger partial charge in [-0.1, -0.05) is 0 Å². The standard InChI is InChI=1S/C10H14N2O3/c1-12-10(15)7-4-6(5-9(13)14)2-3-8(7)11-12/h6,11H,2-5H2,1H3,(H,13,14). The lowest BCUT2D eigenvalue weighted by Gasteiger charge is -2.18. The van der Waals surface area contributed by atoms with E-state index in [0.717, 1.165) is 24.1 Å². The number of nitrogens with zero attached hydrogens (tertiary/aromatic N) is 1. The van der Waals surface area contributed by atoms with Crippen LogP contribution in [0, 0.1) is 5.92 Å². The number of aryl methyl sites for hydroxylation is 2. The molecular formula is C10H14N2O3. The number of aliphatic carboxylic acids is 1. The van der Waals surface area contributed by atoms with Gasteiger partial charge in [-0.2, -0.15) is 0 Å². The zero-order valence-corrected chi connectivity index (χ0v) is 8.62. The van der Waals surface area contributed by atoms with Gasteiger partial charge in [0.25, 0.3) is 5.56 Å². The molecule has 0 saturated carbocycles. The number of fused-ring (bicyclic) bond motifs is 1. The molecule has 0 bridgehead atoms. The maximum absolute atomic E-state index is 11.6. The average molecular weight is 210 g/mol. The van der Waals surface area contributed by atoms with Crippen molar-refractivity contribution in [3.8, 4) is 0 Å². The number of H-pyrrole nitrogens is 1. The normalized spacial score (nSPS) is 19.9. The molecule has 2 N–H and O–H groups in total. The summed E-state index contributed by atoms with van der Waals surface area (Å²) in [6, 6.07) is 0. The molecule has 1 aromatic heterocycles. The van der Waals surface area contributed by atoms with Crippen molar-refractivity contribution in [2.45, 2.75) is 25.7 Å². The van der Waals surface area contributed by atoms with Gasteiger partial charge in [0.2, 0.25) is 0 Å². The van der Waals surface area contributed by atoms with Crippen molar-refractivity contribution < 1.29 is 9.90 Å². The Morgan fingerprint density at radius 1 is 1.67 bits per heavy atom. The fraction of sp³-hybridized carbons (Fsp3) is 0.600. The van der Waals surface area contributed by atoms with Crippen LogP contribution < -0.4 is 5.56 Å². The molecule has 1 unspecified atom stereocenters. The third kappa shape index (κ3) is 1.82. The molecule has 0 amide bonds. The molecule has 2 rings (SSSR count). The van der Waals surface area contributed by atoms with E-state index in [2.05, 4.69) is 5.10 Å². The van der Waals surface area contributed by atoms with Crippen molar-refractivity contribution in [1.29, 1.82) is 0 Å². The Bertz CT molecular complexity index is 444. The molecule has 1 heterocycles. The Hall–Kier alpha value is -1.52. The highest BCUT2D eigenvalue weighted by Gasteiger charge is 2.24. The molecule has 0 aliphatic heterocycles. The van der Waals surface area contributed by atoms with Crippen LogP contribution in [0.25, 0.3) is 0 Å². The third-order valence-corrected chi connectivity index (χ3v) is 2.99. The molecule has 15 heavy (non-hydrogen) atoms. The number of rotatable bonds is 2. The van der Waals surface area contributed by atoms with E-state index in [4.69, 9.17) is 5.11 Å². The van der Waals surface area contributed by atoms with Gasteiger partial charge < -0.3 is 5.11 Å². The molecule has 0 spiro atoms. The van der Waals surface area contributed by atoms with Crippen molar-refractivity contribution in [3.63, 3.8) is 0 Å². The maximum Gasteiger partial charge on any atom is 0.303 e.